The van der Waals surface area contributed by atoms with E-state index in [1.807, 2.05) is 13.8 Å². The molecule has 2 rings (SSSR count). The van der Waals surface area contributed by atoms with Crippen molar-refractivity contribution >= 4 is 11.9 Å². The summed E-state index contributed by atoms with van der Waals surface area (Å²) in [7, 11) is 0. The Bertz CT molecular complexity index is 366. The Hall–Kier alpha value is -1.32. The summed E-state index contributed by atoms with van der Waals surface area (Å²) in [6, 6.07) is 0. The van der Waals surface area contributed by atoms with Crippen LogP contribution in [0.3, 0.4) is 0 Å². The van der Waals surface area contributed by atoms with Crippen molar-refractivity contribution in [3.63, 3.8) is 0 Å². The van der Waals surface area contributed by atoms with Crippen LogP contribution in [0.25, 0.3) is 0 Å². The van der Waals surface area contributed by atoms with Gasteiger partial charge in [-0.1, -0.05) is 19.9 Å². The Morgan fingerprint density at radius 2 is 2.06 bits per heavy atom. The minimum Gasteiger partial charge on any atom is -0.481 e. The molecule has 0 spiro atoms. The molecule has 0 amide bonds. The average Bonchev–Trinajstić information content (AvgIpc) is 3.09. The zero-order chi connectivity index (χ0) is 12.6. The largest absolute Gasteiger partial charge is 0.481 e. The molecule has 0 saturated heterocycles. The van der Waals surface area contributed by atoms with Crippen molar-refractivity contribution in [1.82, 2.24) is 0 Å². The van der Waals surface area contributed by atoms with E-state index in [-0.39, 0.29) is 23.2 Å². The molecule has 0 aromatic carbocycles. The molecule has 2 atom stereocenters. The zero-order valence-corrected chi connectivity index (χ0v) is 10.2. The van der Waals surface area contributed by atoms with Crippen molar-refractivity contribution < 1.29 is 19.4 Å². The van der Waals surface area contributed by atoms with Crippen LogP contribution in [0.5, 0.6) is 0 Å². The highest BCUT2D eigenvalue weighted by molar-refractivity contribution is 5.83. The monoisotopic (exact) mass is 238 g/mol. The van der Waals surface area contributed by atoms with E-state index in [1.54, 1.807) is 6.08 Å². The third kappa shape index (κ3) is 2.68. The van der Waals surface area contributed by atoms with Crippen LogP contribution in [0.2, 0.25) is 0 Å². The molecule has 4 heteroatoms. The number of carbonyl (C=O) groups excluding carboxylic acids is 1. The molecule has 17 heavy (non-hydrogen) atoms. The minimum absolute atomic E-state index is 0.0616. The van der Waals surface area contributed by atoms with Crippen LogP contribution in [0, 0.1) is 23.2 Å². The number of aliphatic carboxylic acids is 1. The summed E-state index contributed by atoms with van der Waals surface area (Å²) in [6.45, 7) is 4.30. The molecule has 0 aromatic rings. The lowest BCUT2D eigenvalue weighted by Crippen LogP contribution is -2.04. The highest BCUT2D eigenvalue weighted by Crippen LogP contribution is 2.59. The fourth-order valence-corrected chi connectivity index (χ4v) is 2.22. The van der Waals surface area contributed by atoms with Gasteiger partial charge in [-0.3, -0.25) is 4.79 Å². The lowest BCUT2D eigenvalue weighted by Gasteiger charge is -1.99. The molecule has 0 bridgehead atoms. The molecule has 0 heterocycles. The van der Waals surface area contributed by atoms with E-state index in [0.29, 0.717) is 12.5 Å². The Kier molecular flexibility index (Phi) is 2.98. The van der Waals surface area contributed by atoms with Gasteiger partial charge in [-0.15, -0.1) is 0 Å². The van der Waals surface area contributed by atoms with Gasteiger partial charge in [0.15, 0.2) is 0 Å². The first-order valence-corrected chi connectivity index (χ1v) is 6.00. The van der Waals surface area contributed by atoms with Crippen LogP contribution in [0.1, 0.15) is 26.7 Å². The average molecular weight is 238 g/mol. The van der Waals surface area contributed by atoms with Gasteiger partial charge in [0.25, 0.3) is 0 Å². The van der Waals surface area contributed by atoms with Gasteiger partial charge < -0.3 is 9.84 Å². The highest BCUT2D eigenvalue weighted by Gasteiger charge is 2.60. The van der Waals surface area contributed by atoms with Gasteiger partial charge in [-0.05, 0) is 30.1 Å². The second-order valence-corrected chi connectivity index (χ2v) is 5.60. The standard InChI is InChI=1S/C13H18O4/c1-13(2)9(11(13)12(15)16)5-6-10(14)17-7-8-3-4-8/h5-6,8-9,11H,3-4,7H2,1-2H3,(H,15,16)/b6-5-/t9-,11-/m0/s1. The van der Waals surface area contributed by atoms with Crippen LogP contribution in [-0.4, -0.2) is 23.7 Å². The fraction of sp³-hybridized carbons (Fsp3) is 0.692. The Labute approximate surface area is 101 Å². The first-order valence-electron chi connectivity index (χ1n) is 6.00. The van der Waals surface area contributed by atoms with Crippen LogP contribution in [0.4, 0.5) is 0 Å². The number of carboxylic acid groups (broad SMARTS) is 1. The van der Waals surface area contributed by atoms with E-state index < -0.39 is 5.97 Å². The lowest BCUT2D eigenvalue weighted by atomic mass is 10.1. The second-order valence-electron chi connectivity index (χ2n) is 5.60. The number of hydrogen-bond donors (Lipinski definition) is 1. The van der Waals surface area contributed by atoms with Crippen molar-refractivity contribution in [1.29, 1.82) is 0 Å². The minimum atomic E-state index is -0.795. The van der Waals surface area contributed by atoms with Crippen molar-refractivity contribution in [3.8, 4) is 0 Å². The van der Waals surface area contributed by atoms with Crippen molar-refractivity contribution in [3.05, 3.63) is 12.2 Å². The first kappa shape index (κ1) is 12.1. The van der Waals surface area contributed by atoms with Gasteiger partial charge in [0.2, 0.25) is 0 Å². The molecule has 0 aromatic heterocycles. The summed E-state index contributed by atoms with van der Waals surface area (Å²) in [6.07, 6.45) is 5.34. The molecule has 2 aliphatic carbocycles. The van der Waals surface area contributed by atoms with Gasteiger partial charge in [0, 0.05) is 6.08 Å². The number of carbonyl (C=O) groups is 2. The molecule has 0 radical (unpaired) electrons. The Morgan fingerprint density at radius 3 is 2.53 bits per heavy atom. The highest BCUT2D eigenvalue weighted by atomic mass is 16.5. The molecule has 0 unspecified atom stereocenters. The summed E-state index contributed by atoms with van der Waals surface area (Å²) in [4.78, 5) is 22.2. The third-order valence-electron chi connectivity index (χ3n) is 3.77. The molecule has 2 fully saturated rings. The second kappa shape index (κ2) is 4.17. The van der Waals surface area contributed by atoms with Crippen LogP contribution in [-0.2, 0) is 14.3 Å². The van der Waals surface area contributed by atoms with Gasteiger partial charge in [-0.25, -0.2) is 4.79 Å². The van der Waals surface area contributed by atoms with Gasteiger partial charge >= 0.3 is 11.9 Å². The van der Waals surface area contributed by atoms with E-state index in [2.05, 4.69) is 0 Å². The normalized spacial score (nSPS) is 30.2. The molecule has 4 nitrogen and oxygen atoms in total. The lowest BCUT2D eigenvalue weighted by molar-refractivity contribution is -0.140. The van der Waals surface area contributed by atoms with Crippen molar-refractivity contribution in [2.45, 2.75) is 26.7 Å². The molecule has 2 aliphatic rings. The maximum absolute atomic E-state index is 11.3. The summed E-state index contributed by atoms with van der Waals surface area (Å²) in [5.41, 5.74) is -0.251. The SMILES string of the molecule is CC1(C)[C@H](C(=O)O)[C@@H]1/C=C\C(=O)OCC1CC1. The Balaban J connectivity index is 1.80. The van der Waals surface area contributed by atoms with Gasteiger partial charge in [-0.2, -0.15) is 0 Å². The number of allylic oxidation sites excluding steroid dienone is 1. The summed E-state index contributed by atoms with van der Waals surface area (Å²) in [5, 5.41) is 8.96. The number of esters is 1. The molecule has 0 aliphatic heterocycles. The van der Waals surface area contributed by atoms with E-state index in [4.69, 9.17) is 9.84 Å². The van der Waals surface area contributed by atoms with Crippen LogP contribution < -0.4 is 0 Å². The Morgan fingerprint density at radius 1 is 1.41 bits per heavy atom. The predicted molar refractivity (Wildman–Crippen MR) is 61.2 cm³/mol. The first-order chi connectivity index (χ1) is 7.93. The van der Waals surface area contributed by atoms with Crippen LogP contribution >= 0.6 is 0 Å². The quantitative estimate of drug-likeness (QED) is 0.586. The summed E-state index contributed by atoms with van der Waals surface area (Å²) < 4.78 is 5.03. The third-order valence-corrected chi connectivity index (χ3v) is 3.77. The molecule has 1 N–H and O–H groups in total. The smallest absolute Gasteiger partial charge is 0.330 e. The van der Waals surface area contributed by atoms with E-state index in [1.165, 1.54) is 6.08 Å². The maximum Gasteiger partial charge on any atom is 0.330 e. The van der Waals surface area contributed by atoms with Crippen molar-refractivity contribution in [2.75, 3.05) is 6.61 Å². The van der Waals surface area contributed by atoms with Gasteiger partial charge in [0.05, 0.1) is 12.5 Å². The predicted octanol–water partition coefficient (Wildman–Crippen LogP) is 1.85. The number of hydrogen-bond acceptors (Lipinski definition) is 3. The fourth-order valence-electron chi connectivity index (χ4n) is 2.22. The number of ether oxygens (including phenoxy) is 1. The van der Waals surface area contributed by atoms with E-state index >= 15 is 0 Å². The molecular formula is C13H18O4. The van der Waals surface area contributed by atoms with Crippen molar-refractivity contribution in [2.24, 2.45) is 23.2 Å². The molecule has 2 saturated carbocycles. The zero-order valence-electron chi connectivity index (χ0n) is 10.2. The summed E-state index contributed by atoms with van der Waals surface area (Å²) in [5.74, 6) is -1.04. The number of rotatable bonds is 5. The van der Waals surface area contributed by atoms with E-state index in [0.717, 1.165) is 12.8 Å². The molecular weight excluding hydrogens is 220 g/mol. The maximum atomic E-state index is 11.3. The summed E-state index contributed by atoms with van der Waals surface area (Å²) >= 11 is 0. The molecule has 94 valence electrons. The van der Waals surface area contributed by atoms with Gasteiger partial charge in [0.1, 0.15) is 0 Å². The topological polar surface area (TPSA) is 63.6 Å². The van der Waals surface area contributed by atoms with Crippen LogP contribution in [0.15, 0.2) is 12.2 Å². The van der Waals surface area contributed by atoms with E-state index in [9.17, 15) is 9.59 Å². The number of carboxylic acids is 1.